The largest absolute Gasteiger partial charge is 0.339 e. The second kappa shape index (κ2) is 6.21. The molecule has 3 heteroatoms. The summed E-state index contributed by atoms with van der Waals surface area (Å²) in [6.07, 6.45) is 4.55. The van der Waals surface area contributed by atoms with Gasteiger partial charge in [-0.3, -0.25) is 0 Å². The molecule has 2 aromatic carbocycles. The lowest BCUT2D eigenvalue weighted by atomic mass is 9.95. The number of aromatic amines is 1. The van der Waals surface area contributed by atoms with Gasteiger partial charge in [0, 0.05) is 29.1 Å². The predicted molar refractivity (Wildman–Crippen MR) is 113 cm³/mol. The third-order valence-corrected chi connectivity index (χ3v) is 5.71. The Hall–Kier alpha value is -2.65. The highest BCUT2D eigenvalue weighted by molar-refractivity contribution is 6.14. The van der Waals surface area contributed by atoms with Crippen LogP contribution in [0.3, 0.4) is 0 Å². The topological polar surface area (TPSA) is 40.7 Å². The highest BCUT2D eigenvalue weighted by Crippen LogP contribution is 2.37. The fourth-order valence-electron chi connectivity index (χ4n) is 4.04. The van der Waals surface area contributed by atoms with Crippen LogP contribution in [0.1, 0.15) is 42.5 Å². The van der Waals surface area contributed by atoms with E-state index in [-0.39, 0.29) is 0 Å². The average Bonchev–Trinajstić information content (AvgIpc) is 3.40. The van der Waals surface area contributed by atoms with Crippen molar-refractivity contribution in [2.45, 2.75) is 45.7 Å². The Morgan fingerprint density at radius 2 is 1.96 bits per heavy atom. The molecule has 1 unspecified atom stereocenters. The van der Waals surface area contributed by atoms with E-state index in [1.807, 2.05) is 6.20 Å². The van der Waals surface area contributed by atoms with Crippen molar-refractivity contribution < 1.29 is 0 Å². The summed E-state index contributed by atoms with van der Waals surface area (Å²) in [7, 11) is 0. The Balaban J connectivity index is 1.69. The van der Waals surface area contributed by atoms with E-state index in [4.69, 9.17) is 0 Å². The Bertz CT molecular complexity index is 1150. The summed E-state index contributed by atoms with van der Waals surface area (Å²) in [5, 5.41) is 6.20. The maximum atomic E-state index is 4.61. The zero-order chi connectivity index (χ0) is 18.5. The SMILES string of the molecule is Cc1cnc2[nH]c3c(C)ccc(-c4cccc(C(C)NC5CC5)c4)c3c2c1. The monoisotopic (exact) mass is 355 g/mol. The molecule has 1 aliphatic rings. The normalized spacial score (nSPS) is 15.5. The molecule has 2 aromatic heterocycles. The molecule has 2 heterocycles. The van der Waals surface area contributed by atoms with Crippen molar-refractivity contribution >= 4 is 21.9 Å². The molecule has 5 rings (SSSR count). The van der Waals surface area contributed by atoms with E-state index in [2.05, 4.69) is 78.5 Å². The van der Waals surface area contributed by atoms with Gasteiger partial charge >= 0.3 is 0 Å². The molecule has 0 radical (unpaired) electrons. The van der Waals surface area contributed by atoms with Crippen LogP contribution in [0.5, 0.6) is 0 Å². The molecule has 1 saturated carbocycles. The molecule has 1 aliphatic carbocycles. The Morgan fingerprint density at radius 1 is 1.11 bits per heavy atom. The minimum Gasteiger partial charge on any atom is -0.339 e. The van der Waals surface area contributed by atoms with Crippen LogP contribution in [0.15, 0.2) is 48.7 Å². The third-order valence-electron chi connectivity index (χ3n) is 5.71. The van der Waals surface area contributed by atoms with E-state index in [0.717, 1.165) is 5.65 Å². The Morgan fingerprint density at radius 3 is 2.78 bits per heavy atom. The molecule has 0 amide bonds. The lowest BCUT2D eigenvalue weighted by Gasteiger charge is -2.15. The zero-order valence-electron chi connectivity index (χ0n) is 16.1. The van der Waals surface area contributed by atoms with Gasteiger partial charge in [0.1, 0.15) is 5.65 Å². The van der Waals surface area contributed by atoms with Crippen LogP contribution >= 0.6 is 0 Å². The number of aromatic nitrogens is 2. The highest BCUT2D eigenvalue weighted by Gasteiger charge is 2.23. The number of hydrogen-bond donors (Lipinski definition) is 2. The first-order valence-electron chi connectivity index (χ1n) is 9.84. The van der Waals surface area contributed by atoms with Gasteiger partial charge in [0.15, 0.2) is 0 Å². The standard InChI is InChI=1S/C24H25N3/c1-14-11-21-22-20(10-7-15(2)23(22)27-24(21)25-13-14)18-6-4-5-17(12-18)16(3)26-19-8-9-19/h4-7,10-13,16,19,26H,8-9H2,1-3H3,(H,25,27). The van der Waals surface area contributed by atoms with Gasteiger partial charge in [0.2, 0.25) is 0 Å². The summed E-state index contributed by atoms with van der Waals surface area (Å²) in [5.74, 6) is 0. The van der Waals surface area contributed by atoms with Crippen molar-refractivity contribution in [3.63, 3.8) is 0 Å². The van der Waals surface area contributed by atoms with Crippen LogP contribution in [0, 0.1) is 13.8 Å². The molecule has 2 N–H and O–H groups in total. The van der Waals surface area contributed by atoms with Gasteiger partial charge in [-0.1, -0.05) is 30.3 Å². The summed E-state index contributed by atoms with van der Waals surface area (Å²) in [4.78, 5) is 8.15. The van der Waals surface area contributed by atoms with Gasteiger partial charge in [-0.05, 0) is 73.6 Å². The van der Waals surface area contributed by atoms with Gasteiger partial charge in [0.05, 0.1) is 5.52 Å². The molecule has 3 nitrogen and oxygen atoms in total. The summed E-state index contributed by atoms with van der Waals surface area (Å²) in [5.41, 5.74) is 8.48. The second-order valence-electron chi connectivity index (χ2n) is 8.00. The van der Waals surface area contributed by atoms with Gasteiger partial charge in [-0.2, -0.15) is 0 Å². The number of H-pyrrole nitrogens is 1. The van der Waals surface area contributed by atoms with Gasteiger partial charge in [-0.15, -0.1) is 0 Å². The molecule has 0 saturated heterocycles. The number of benzene rings is 2. The molecule has 0 bridgehead atoms. The zero-order valence-corrected chi connectivity index (χ0v) is 16.1. The molecule has 1 fully saturated rings. The Kier molecular flexibility index (Phi) is 3.80. The van der Waals surface area contributed by atoms with E-state index in [9.17, 15) is 0 Å². The number of pyridine rings is 1. The van der Waals surface area contributed by atoms with Gasteiger partial charge < -0.3 is 10.3 Å². The molecule has 1 atom stereocenters. The molecule has 4 aromatic rings. The van der Waals surface area contributed by atoms with E-state index in [1.165, 1.54) is 56.9 Å². The lowest BCUT2D eigenvalue weighted by Crippen LogP contribution is -2.20. The number of nitrogens with one attached hydrogen (secondary N) is 2. The molecule has 136 valence electrons. The molecular weight excluding hydrogens is 330 g/mol. The first-order valence-corrected chi connectivity index (χ1v) is 9.84. The number of hydrogen-bond acceptors (Lipinski definition) is 2. The summed E-state index contributed by atoms with van der Waals surface area (Å²) >= 11 is 0. The quantitative estimate of drug-likeness (QED) is 0.485. The second-order valence-corrected chi connectivity index (χ2v) is 8.00. The third kappa shape index (κ3) is 2.92. The molecule has 27 heavy (non-hydrogen) atoms. The first-order chi connectivity index (χ1) is 13.1. The summed E-state index contributed by atoms with van der Waals surface area (Å²) in [6.45, 7) is 6.53. The van der Waals surface area contributed by atoms with Gasteiger partial charge in [0.25, 0.3) is 0 Å². The van der Waals surface area contributed by atoms with E-state index >= 15 is 0 Å². The first kappa shape index (κ1) is 16.5. The number of aryl methyl sites for hydroxylation is 2. The van der Waals surface area contributed by atoms with Crippen LogP contribution < -0.4 is 5.32 Å². The van der Waals surface area contributed by atoms with E-state index in [0.29, 0.717) is 12.1 Å². The fourth-order valence-corrected chi connectivity index (χ4v) is 4.04. The fraction of sp³-hybridized carbons (Fsp3) is 0.292. The minimum atomic E-state index is 0.380. The van der Waals surface area contributed by atoms with Crippen LogP contribution in [0.25, 0.3) is 33.1 Å². The van der Waals surface area contributed by atoms with Crippen molar-refractivity contribution in [2.75, 3.05) is 0 Å². The maximum absolute atomic E-state index is 4.61. The maximum Gasteiger partial charge on any atom is 0.138 e. The van der Waals surface area contributed by atoms with Crippen molar-refractivity contribution in [1.82, 2.24) is 15.3 Å². The average molecular weight is 355 g/mol. The van der Waals surface area contributed by atoms with Crippen molar-refractivity contribution in [3.05, 3.63) is 65.4 Å². The van der Waals surface area contributed by atoms with Crippen LogP contribution in [0.4, 0.5) is 0 Å². The summed E-state index contributed by atoms with van der Waals surface area (Å²) < 4.78 is 0. The van der Waals surface area contributed by atoms with Crippen LogP contribution in [-0.2, 0) is 0 Å². The lowest BCUT2D eigenvalue weighted by molar-refractivity contribution is 0.571. The van der Waals surface area contributed by atoms with E-state index in [1.54, 1.807) is 0 Å². The van der Waals surface area contributed by atoms with Crippen LogP contribution in [0.2, 0.25) is 0 Å². The number of fused-ring (bicyclic) bond motifs is 3. The number of nitrogens with zero attached hydrogens (tertiary/aromatic N) is 1. The van der Waals surface area contributed by atoms with Crippen molar-refractivity contribution in [1.29, 1.82) is 0 Å². The molecule has 0 spiro atoms. The van der Waals surface area contributed by atoms with E-state index < -0.39 is 0 Å². The van der Waals surface area contributed by atoms with Gasteiger partial charge in [-0.25, -0.2) is 4.98 Å². The predicted octanol–water partition coefficient (Wildman–Crippen LogP) is 5.81. The highest BCUT2D eigenvalue weighted by atomic mass is 15.0. The number of rotatable bonds is 4. The molecule has 0 aliphatic heterocycles. The van der Waals surface area contributed by atoms with Crippen molar-refractivity contribution in [2.24, 2.45) is 0 Å². The minimum absolute atomic E-state index is 0.380. The Labute approximate surface area is 159 Å². The van der Waals surface area contributed by atoms with Crippen molar-refractivity contribution in [3.8, 4) is 11.1 Å². The smallest absolute Gasteiger partial charge is 0.138 e. The summed E-state index contributed by atoms with van der Waals surface area (Å²) in [6, 6.07) is 16.8. The van der Waals surface area contributed by atoms with Crippen LogP contribution in [-0.4, -0.2) is 16.0 Å². The molecular formula is C24H25N3.